The molecule has 24 heavy (non-hydrogen) atoms. The number of fused-ring (bicyclic) bond motifs is 3. The molecule has 0 radical (unpaired) electrons. The minimum Gasteiger partial charge on any atom is -0.411 e. The molecule has 0 saturated carbocycles. The van der Waals surface area contributed by atoms with E-state index in [0.29, 0.717) is 12.1 Å². The molecule has 0 amide bonds. The van der Waals surface area contributed by atoms with Crippen molar-refractivity contribution < 1.29 is 10.4 Å². The molecule has 3 N–H and O–H groups in total. The Hall–Kier alpha value is -1.69. The lowest BCUT2D eigenvalue weighted by atomic mass is 9.81. The second-order valence-corrected chi connectivity index (χ2v) is 7.77. The molecule has 0 spiro atoms. The maximum absolute atomic E-state index is 9.38. The van der Waals surface area contributed by atoms with Gasteiger partial charge >= 0.3 is 0 Å². The third-order valence-corrected chi connectivity index (χ3v) is 5.31. The van der Waals surface area contributed by atoms with Crippen LogP contribution in [0.5, 0.6) is 0 Å². The minimum atomic E-state index is -0.190. The summed E-state index contributed by atoms with van der Waals surface area (Å²) in [5.74, 6) is 0. The monoisotopic (exact) mass is 388 g/mol. The van der Waals surface area contributed by atoms with Crippen molar-refractivity contribution in [3.05, 3.63) is 57.6 Å². The average molecular weight is 389 g/mol. The van der Waals surface area contributed by atoms with Crippen LogP contribution in [0.2, 0.25) is 0 Å². The van der Waals surface area contributed by atoms with Gasteiger partial charge in [-0.05, 0) is 52.9 Å². The second-order valence-electron chi connectivity index (χ2n) is 6.86. The van der Waals surface area contributed by atoms with Crippen LogP contribution in [0.4, 0.5) is 0 Å². The maximum atomic E-state index is 9.38. The van der Waals surface area contributed by atoms with Crippen molar-refractivity contribution in [2.45, 2.75) is 38.6 Å². The quantitative estimate of drug-likeness (QED) is 0.404. The van der Waals surface area contributed by atoms with Gasteiger partial charge in [0.15, 0.2) is 0 Å². The van der Waals surface area contributed by atoms with Crippen LogP contribution >= 0.6 is 15.9 Å². The standard InChI is InChI=1S/C19H21BrN2O2/c1-11(21-23)8-18(22-24)12-4-6-14-15-7-5-13(20)10-17(15)19(2,3)16(14)9-12/h4-7,9-11,21,23-24H,8H2,1-3H3/b22-18+. The lowest BCUT2D eigenvalue weighted by Crippen LogP contribution is -2.25. The third-order valence-electron chi connectivity index (χ3n) is 4.81. The highest BCUT2D eigenvalue weighted by molar-refractivity contribution is 9.10. The van der Waals surface area contributed by atoms with Crippen LogP contribution in [0.3, 0.4) is 0 Å². The van der Waals surface area contributed by atoms with Crippen LogP contribution in [0, 0.1) is 0 Å². The summed E-state index contributed by atoms with van der Waals surface area (Å²) < 4.78 is 1.07. The Kier molecular flexibility index (Phi) is 4.51. The Morgan fingerprint density at radius 2 is 1.79 bits per heavy atom. The van der Waals surface area contributed by atoms with Gasteiger partial charge in [0.1, 0.15) is 0 Å². The highest BCUT2D eigenvalue weighted by Gasteiger charge is 2.35. The normalized spacial score (nSPS) is 16.6. The molecule has 1 unspecified atom stereocenters. The zero-order chi connectivity index (χ0) is 17.5. The van der Waals surface area contributed by atoms with Gasteiger partial charge < -0.3 is 10.4 Å². The fraction of sp³-hybridized carbons (Fsp3) is 0.316. The highest BCUT2D eigenvalue weighted by Crippen LogP contribution is 2.49. The van der Waals surface area contributed by atoms with Gasteiger partial charge in [0.25, 0.3) is 0 Å². The van der Waals surface area contributed by atoms with E-state index in [4.69, 9.17) is 5.21 Å². The van der Waals surface area contributed by atoms with E-state index in [2.05, 4.69) is 70.7 Å². The average Bonchev–Trinajstić information content (AvgIpc) is 2.79. The van der Waals surface area contributed by atoms with E-state index >= 15 is 0 Å². The largest absolute Gasteiger partial charge is 0.411 e. The number of benzene rings is 2. The van der Waals surface area contributed by atoms with Crippen molar-refractivity contribution in [3.63, 3.8) is 0 Å². The van der Waals surface area contributed by atoms with Crippen LogP contribution in [0.25, 0.3) is 11.1 Å². The highest BCUT2D eigenvalue weighted by atomic mass is 79.9. The van der Waals surface area contributed by atoms with Gasteiger partial charge in [0.2, 0.25) is 0 Å². The Bertz CT molecular complexity index is 815. The number of rotatable bonds is 4. The van der Waals surface area contributed by atoms with E-state index in [9.17, 15) is 5.21 Å². The van der Waals surface area contributed by atoms with Gasteiger partial charge in [-0.15, -0.1) is 0 Å². The number of hydrogen-bond acceptors (Lipinski definition) is 4. The molecule has 0 aromatic heterocycles. The Morgan fingerprint density at radius 3 is 2.42 bits per heavy atom. The first-order valence-electron chi connectivity index (χ1n) is 7.94. The predicted molar refractivity (Wildman–Crippen MR) is 99.0 cm³/mol. The lowest BCUT2D eigenvalue weighted by molar-refractivity contribution is 0.135. The first-order valence-corrected chi connectivity index (χ1v) is 8.73. The summed E-state index contributed by atoms with van der Waals surface area (Å²) in [5, 5.41) is 21.8. The van der Waals surface area contributed by atoms with Crippen molar-refractivity contribution in [2.24, 2.45) is 5.16 Å². The van der Waals surface area contributed by atoms with Crippen LogP contribution < -0.4 is 5.48 Å². The summed E-state index contributed by atoms with van der Waals surface area (Å²) in [7, 11) is 0. The molecule has 126 valence electrons. The maximum Gasteiger partial charge on any atom is 0.0884 e. The van der Waals surface area contributed by atoms with Crippen molar-refractivity contribution in [2.75, 3.05) is 0 Å². The number of halogens is 1. The number of nitrogens with one attached hydrogen (secondary N) is 1. The van der Waals surface area contributed by atoms with Gasteiger partial charge in [0.05, 0.1) is 5.71 Å². The Labute approximate surface area is 150 Å². The molecule has 1 atom stereocenters. The number of nitrogens with zero attached hydrogens (tertiary/aromatic N) is 1. The molecule has 0 fully saturated rings. The minimum absolute atomic E-state index is 0.119. The molecular formula is C19H21BrN2O2. The van der Waals surface area contributed by atoms with Gasteiger partial charge in [0, 0.05) is 22.4 Å². The van der Waals surface area contributed by atoms with E-state index in [1.54, 1.807) is 0 Å². The molecular weight excluding hydrogens is 368 g/mol. The topological polar surface area (TPSA) is 64.9 Å². The molecule has 1 aliphatic rings. The summed E-state index contributed by atoms with van der Waals surface area (Å²) in [6.45, 7) is 6.25. The molecule has 1 aliphatic carbocycles. The molecule has 0 saturated heterocycles. The van der Waals surface area contributed by atoms with Crippen molar-refractivity contribution in [1.82, 2.24) is 5.48 Å². The molecule has 0 aliphatic heterocycles. The predicted octanol–water partition coefficient (Wildman–Crippen LogP) is 4.69. The molecule has 0 heterocycles. The van der Waals surface area contributed by atoms with Gasteiger partial charge in [-0.1, -0.05) is 53.1 Å². The third kappa shape index (κ3) is 2.77. The Balaban J connectivity index is 2.08. The van der Waals surface area contributed by atoms with E-state index in [1.165, 1.54) is 22.3 Å². The zero-order valence-corrected chi connectivity index (χ0v) is 15.6. The first kappa shape index (κ1) is 17.1. The number of hydrogen-bond donors (Lipinski definition) is 3. The van der Waals surface area contributed by atoms with Gasteiger partial charge in [-0.3, -0.25) is 0 Å². The first-order chi connectivity index (χ1) is 11.4. The van der Waals surface area contributed by atoms with Gasteiger partial charge in [-0.2, -0.15) is 0 Å². The fourth-order valence-electron chi connectivity index (χ4n) is 3.44. The molecule has 4 nitrogen and oxygen atoms in total. The SMILES string of the molecule is CC(C/C(=N\O)c1ccc2c(c1)C(C)(C)c1cc(Br)ccc1-2)NO. The van der Waals surface area contributed by atoms with Crippen molar-refractivity contribution in [1.29, 1.82) is 0 Å². The molecule has 0 bridgehead atoms. The molecule has 3 rings (SSSR count). The van der Waals surface area contributed by atoms with Crippen molar-refractivity contribution >= 4 is 21.6 Å². The van der Waals surface area contributed by atoms with Crippen molar-refractivity contribution in [3.8, 4) is 11.1 Å². The Morgan fingerprint density at radius 1 is 1.17 bits per heavy atom. The smallest absolute Gasteiger partial charge is 0.0884 e. The zero-order valence-electron chi connectivity index (χ0n) is 14.0. The van der Waals surface area contributed by atoms with E-state index in [1.807, 2.05) is 13.0 Å². The van der Waals surface area contributed by atoms with Crippen LogP contribution in [-0.2, 0) is 5.41 Å². The second kappa shape index (κ2) is 6.31. The molecule has 2 aromatic carbocycles. The number of oxime groups is 1. The van der Waals surface area contributed by atoms with Crippen LogP contribution in [-0.4, -0.2) is 22.2 Å². The summed E-state index contributed by atoms with van der Waals surface area (Å²) in [4.78, 5) is 0. The van der Waals surface area contributed by atoms with Gasteiger partial charge in [-0.25, -0.2) is 5.48 Å². The van der Waals surface area contributed by atoms with Crippen LogP contribution in [0.15, 0.2) is 46.0 Å². The van der Waals surface area contributed by atoms with E-state index < -0.39 is 0 Å². The summed E-state index contributed by atoms with van der Waals surface area (Å²) in [6, 6.07) is 12.4. The van der Waals surface area contributed by atoms with E-state index in [-0.39, 0.29) is 11.5 Å². The van der Waals surface area contributed by atoms with E-state index in [0.717, 1.165) is 10.0 Å². The number of hydroxylamine groups is 1. The summed E-state index contributed by atoms with van der Waals surface area (Å²) in [5.41, 5.74) is 8.48. The fourth-order valence-corrected chi connectivity index (χ4v) is 3.80. The summed E-state index contributed by atoms with van der Waals surface area (Å²) in [6.07, 6.45) is 0.435. The lowest BCUT2D eigenvalue weighted by Gasteiger charge is -2.22. The summed E-state index contributed by atoms with van der Waals surface area (Å²) >= 11 is 3.56. The van der Waals surface area contributed by atoms with Crippen LogP contribution in [0.1, 0.15) is 43.9 Å². The molecule has 2 aromatic rings. The molecule has 5 heteroatoms.